The third kappa shape index (κ3) is 5.50. The third-order valence-corrected chi connectivity index (χ3v) is 2.35. The highest BCUT2D eigenvalue weighted by molar-refractivity contribution is 5.76. The Morgan fingerprint density at radius 1 is 1.29 bits per heavy atom. The lowest BCUT2D eigenvalue weighted by Gasteiger charge is -2.17. The first-order chi connectivity index (χ1) is 7.90. The molecular formula is C14H21NO2. The monoisotopic (exact) mass is 235 g/mol. The standard InChI is InChI=1S/C14H21NO2/c1-14(2,3)8-13(17)15-9-11-5-4-6-12(7-11)10-16/h4-7,16H,8-10H2,1-3H3,(H,15,17). The fourth-order valence-corrected chi connectivity index (χ4v) is 1.58. The van der Waals surface area contributed by atoms with Crippen LogP contribution in [0.4, 0.5) is 0 Å². The van der Waals surface area contributed by atoms with Crippen molar-refractivity contribution in [2.24, 2.45) is 5.41 Å². The Morgan fingerprint density at radius 2 is 1.94 bits per heavy atom. The summed E-state index contributed by atoms with van der Waals surface area (Å²) < 4.78 is 0. The number of benzene rings is 1. The fourth-order valence-electron chi connectivity index (χ4n) is 1.58. The molecule has 1 rings (SSSR count). The van der Waals surface area contributed by atoms with E-state index in [9.17, 15) is 4.79 Å². The van der Waals surface area contributed by atoms with Crippen LogP contribution < -0.4 is 5.32 Å². The second-order valence-electron chi connectivity index (χ2n) is 5.49. The number of aliphatic hydroxyl groups excluding tert-OH is 1. The lowest BCUT2D eigenvalue weighted by Crippen LogP contribution is -2.27. The van der Waals surface area contributed by atoms with Crippen LogP contribution >= 0.6 is 0 Å². The molecule has 0 heterocycles. The molecule has 94 valence electrons. The van der Waals surface area contributed by atoms with Crippen LogP contribution in [0.2, 0.25) is 0 Å². The van der Waals surface area contributed by atoms with E-state index < -0.39 is 0 Å². The Bertz CT molecular complexity index is 380. The topological polar surface area (TPSA) is 49.3 Å². The van der Waals surface area contributed by atoms with Crippen molar-refractivity contribution in [3.05, 3.63) is 35.4 Å². The quantitative estimate of drug-likeness (QED) is 0.840. The van der Waals surface area contributed by atoms with Crippen LogP contribution in [-0.4, -0.2) is 11.0 Å². The minimum absolute atomic E-state index is 0.0109. The zero-order valence-corrected chi connectivity index (χ0v) is 10.8. The summed E-state index contributed by atoms with van der Waals surface area (Å²) in [6.45, 7) is 6.67. The Hall–Kier alpha value is -1.35. The van der Waals surface area contributed by atoms with Gasteiger partial charge in [-0.15, -0.1) is 0 Å². The summed E-state index contributed by atoms with van der Waals surface area (Å²) in [7, 11) is 0. The van der Waals surface area contributed by atoms with Crippen molar-refractivity contribution < 1.29 is 9.90 Å². The number of carbonyl (C=O) groups excluding carboxylic acids is 1. The summed E-state index contributed by atoms with van der Waals surface area (Å²) in [4.78, 5) is 11.6. The summed E-state index contributed by atoms with van der Waals surface area (Å²) in [6, 6.07) is 7.59. The first-order valence-electron chi connectivity index (χ1n) is 5.86. The molecule has 0 saturated heterocycles. The van der Waals surface area contributed by atoms with Gasteiger partial charge >= 0.3 is 0 Å². The van der Waals surface area contributed by atoms with Crippen LogP contribution in [0.3, 0.4) is 0 Å². The molecule has 0 aliphatic carbocycles. The van der Waals surface area contributed by atoms with Gasteiger partial charge in [0.2, 0.25) is 5.91 Å². The Morgan fingerprint density at radius 3 is 2.53 bits per heavy atom. The van der Waals surface area contributed by atoms with Gasteiger partial charge in [0, 0.05) is 13.0 Å². The van der Waals surface area contributed by atoms with E-state index in [-0.39, 0.29) is 17.9 Å². The SMILES string of the molecule is CC(C)(C)CC(=O)NCc1cccc(CO)c1. The molecule has 0 unspecified atom stereocenters. The van der Waals surface area contributed by atoms with Gasteiger partial charge in [0.1, 0.15) is 0 Å². The van der Waals surface area contributed by atoms with Crippen LogP contribution in [0.1, 0.15) is 38.3 Å². The number of aliphatic hydroxyl groups is 1. The molecular weight excluding hydrogens is 214 g/mol. The van der Waals surface area contributed by atoms with E-state index in [1.54, 1.807) is 0 Å². The van der Waals surface area contributed by atoms with Crippen molar-refractivity contribution >= 4 is 5.91 Å². The molecule has 0 aliphatic heterocycles. The zero-order chi connectivity index (χ0) is 12.9. The van der Waals surface area contributed by atoms with E-state index in [4.69, 9.17) is 5.11 Å². The van der Waals surface area contributed by atoms with Gasteiger partial charge in [-0.1, -0.05) is 45.0 Å². The van der Waals surface area contributed by atoms with E-state index in [0.29, 0.717) is 13.0 Å². The van der Waals surface area contributed by atoms with E-state index in [1.807, 2.05) is 45.0 Å². The van der Waals surface area contributed by atoms with Gasteiger partial charge in [0.15, 0.2) is 0 Å². The van der Waals surface area contributed by atoms with Gasteiger partial charge < -0.3 is 10.4 Å². The molecule has 0 atom stereocenters. The number of carbonyl (C=O) groups is 1. The van der Waals surface area contributed by atoms with Gasteiger partial charge in [0.25, 0.3) is 0 Å². The van der Waals surface area contributed by atoms with Crippen LogP contribution in [-0.2, 0) is 17.9 Å². The lowest BCUT2D eigenvalue weighted by molar-refractivity contribution is -0.122. The zero-order valence-electron chi connectivity index (χ0n) is 10.8. The number of hydrogen-bond acceptors (Lipinski definition) is 2. The molecule has 0 fully saturated rings. The molecule has 1 aromatic carbocycles. The van der Waals surface area contributed by atoms with E-state index in [2.05, 4.69) is 5.32 Å². The van der Waals surface area contributed by atoms with Crippen molar-refractivity contribution in [1.29, 1.82) is 0 Å². The normalized spacial score (nSPS) is 11.3. The molecule has 0 aliphatic rings. The first-order valence-corrected chi connectivity index (χ1v) is 5.86. The third-order valence-electron chi connectivity index (χ3n) is 2.35. The molecule has 17 heavy (non-hydrogen) atoms. The van der Waals surface area contributed by atoms with Crippen molar-refractivity contribution in [2.75, 3.05) is 0 Å². The van der Waals surface area contributed by atoms with Gasteiger partial charge in [-0.3, -0.25) is 4.79 Å². The van der Waals surface area contributed by atoms with Crippen LogP contribution in [0.5, 0.6) is 0 Å². The maximum absolute atomic E-state index is 11.6. The first kappa shape index (κ1) is 13.7. The summed E-state index contributed by atoms with van der Waals surface area (Å²) >= 11 is 0. The largest absolute Gasteiger partial charge is 0.392 e. The number of hydrogen-bond donors (Lipinski definition) is 2. The minimum atomic E-state index is 0.0109. The summed E-state index contributed by atoms with van der Waals surface area (Å²) in [5.41, 5.74) is 1.89. The van der Waals surface area contributed by atoms with Crippen molar-refractivity contribution in [3.8, 4) is 0 Å². The average Bonchev–Trinajstić information content (AvgIpc) is 2.24. The fraction of sp³-hybridized carbons (Fsp3) is 0.500. The number of nitrogens with one attached hydrogen (secondary N) is 1. The van der Waals surface area contributed by atoms with Crippen molar-refractivity contribution in [3.63, 3.8) is 0 Å². The second kappa shape index (κ2) is 5.82. The van der Waals surface area contributed by atoms with Crippen LogP contribution in [0.25, 0.3) is 0 Å². The van der Waals surface area contributed by atoms with E-state index in [0.717, 1.165) is 11.1 Å². The average molecular weight is 235 g/mol. The molecule has 1 amide bonds. The Labute approximate surface area is 103 Å². The summed E-state index contributed by atoms with van der Waals surface area (Å²) in [6.07, 6.45) is 0.521. The molecule has 0 radical (unpaired) electrons. The molecule has 3 heteroatoms. The van der Waals surface area contributed by atoms with Gasteiger partial charge in [-0.05, 0) is 16.5 Å². The summed E-state index contributed by atoms with van der Waals surface area (Å²) in [5, 5.41) is 11.9. The predicted molar refractivity (Wildman–Crippen MR) is 68.3 cm³/mol. The molecule has 0 saturated carbocycles. The maximum Gasteiger partial charge on any atom is 0.220 e. The highest BCUT2D eigenvalue weighted by Crippen LogP contribution is 2.17. The number of rotatable bonds is 4. The molecule has 0 bridgehead atoms. The van der Waals surface area contributed by atoms with Crippen LogP contribution in [0.15, 0.2) is 24.3 Å². The Kier molecular flexibility index (Phi) is 4.70. The molecule has 1 aromatic rings. The molecule has 0 aromatic heterocycles. The van der Waals surface area contributed by atoms with Gasteiger partial charge in [0.05, 0.1) is 6.61 Å². The van der Waals surface area contributed by atoms with Crippen molar-refractivity contribution in [1.82, 2.24) is 5.32 Å². The van der Waals surface area contributed by atoms with E-state index >= 15 is 0 Å². The van der Waals surface area contributed by atoms with Gasteiger partial charge in [-0.25, -0.2) is 0 Å². The Balaban J connectivity index is 2.47. The van der Waals surface area contributed by atoms with Gasteiger partial charge in [-0.2, -0.15) is 0 Å². The summed E-state index contributed by atoms with van der Waals surface area (Å²) in [5.74, 6) is 0.0619. The lowest BCUT2D eigenvalue weighted by atomic mass is 9.92. The second-order valence-corrected chi connectivity index (χ2v) is 5.49. The number of amides is 1. The van der Waals surface area contributed by atoms with E-state index in [1.165, 1.54) is 0 Å². The smallest absolute Gasteiger partial charge is 0.220 e. The molecule has 3 nitrogen and oxygen atoms in total. The predicted octanol–water partition coefficient (Wildman–Crippen LogP) is 2.23. The molecule has 2 N–H and O–H groups in total. The van der Waals surface area contributed by atoms with Crippen LogP contribution in [0, 0.1) is 5.41 Å². The van der Waals surface area contributed by atoms with Crippen molar-refractivity contribution in [2.45, 2.75) is 40.3 Å². The minimum Gasteiger partial charge on any atom is -0.392 e. The highest BCUT2D eigenvalue weighted by atomic mass is 16.3. The maximum atomic E-state index is 11.6. The molecule has 0 spiro atoms. The highest BCUT2D eigenvalue weighted by Gasteiger charge is 2.15.